The van der Waals surface area contributed by atoms with Crippen LogP contribution in [-0.4, -0.2) is 129 Å². The molecule has 554 valence electrons. The Kier molecular flexibility index (Phi) is 23.6. The lowest BCUT2D eigenvalue weighted by atomic mass is 9.48. The third-order valence-corrected chi connectivity index (χ3v) is 23.7. The molecule has 0 unspecified atom stereocenters. The second-order valence-electron chi connectivity index (χ2n) is 31.0. The van der Waals surface area contributed by atoms with E-state index in [-0.39, 0.29) is 54.2 Å². The van der Waals surface area contributed by atoms with E-state index in [2.05, 4.69) is 10.2 Å². The number of imidazole rings is 4. The molecule has 10 aromatic rings. The number of ketones is 4. The first-order valence-electron chi connectivity index (χ1n) is 38.8. The van der Waals surface area contributed by atoms with Gasteiger partial charge in [-0.3, -0.25) is 45.6 Å². The molecule has 6 saturated carbocycles. The zero-order valence-electron chi connectivity index (χ0n) is 61.9. The Hall–Kier alpha value is -9.31. The Morgan fingerprint density at radius 2 is 0.829 bits per heavy atom. The van der Waals surface area contributed by atoms with Crippen molar-refractivity contribution in [1.82, 2.24) is 51.7 Å². The normalized spacial score (nSPS) is 19.6. The lowest BCUT2D eigenvalue weighted by molar-refractivity contribution is -0.144. The van der Waals surface area contributed by atoms with E-state index in [1.54, 1.807) is 9.13 Å². The molecule has 1 saturated heterocycles. The molecule has 6 aliphatic carbocycles. The molecule has 7 fully saturated rings. The predicted octanol–water partition coefficient (Wildman–Crippen LogP) is 11.6. The number of hydrogen-bond acceptors (Lipinski definition) is 12. The van der Waals surface area contributed by atoms with Crippen LogP contribution in [0.4, 0.5) is 0 Å². The van der Waals surface area contributed by atoms with E-state index >= 15 is 0 Å². The number of aromatic nitrogens is 8. The van der Waals surface area contributed by atoms with Gasteiger partial charge < -0.3 is 57.4 Å². The van der Waals surface area contributed by atoms with Gasteiger partial charge in [-0.25, -0.2) is 0 Å². The number of carbonyl (C=O) groups excluding carboxylic acids is 5. The van der Waals surface area contributed by atoms with Gasteiger partial charge >= 0.3 is 0 Å². The van der Waals surface area contributed by atoms with Gasteiger partial charge in [0.05, 0.1) is 70.3 Å². The van der Waals surface area contributed by atoms with Crippen LogP contribution in [-0.2, 0) is 71.5 Å². The average molecular weight is 1420 g/mol. The van der Waals surface area contributed by atoms with E-state index in [4.69, 9.17) is 27.4 Å². The molecule has 21 heteroatoms. The van der Waals surface area contributed by atoms with Crippen LogP contribution in [0.15, 0.2) is 140 Å². The zero-order valence-corrected chi connectivity index (χ0v) is 61.9. The Morgan fingerprint density at radius 1 is 0.448 bits per heavy atom. The van der Waals surface area contributed by atoms with Gasteiger partial charge in [0, 0.05) is 75.2 Å². The van der Waals surface area contributed by atoms with Crippen LogP contribution in [0.25, 0.3) is 54.9 Å². The Bertz CT molecular complexity index is 4990. The number of benzene rings is 6. The first-order chi connectivity index (χ1) is 51.0. The molecule has 0 atom stereocenters. The molecule has 21 nitrogen and oxygen atoms in total. The van der Waals surface area contributed by atoms with Crippen molar-refractivity contribution >= 4 is 83.9 Å². The van der Waals surface area contributed by atoms with Gasteiger partial charge in [0.2, 0.25) is 28.4 Å². The predicted molar refractivity (Wildman–Crippen MR) is 412 cm³/mol. The van der Waals surface area contributed by atoms with E-state index in [1.165, 1.54) is 64.2 Å². The number of carbonyl (C=O) groups is 5. The molecule has 17 rings (SSSR count). The second-order valence-corrected chi connectivity index (χ2v) is 31.0. The van der Waals surface area contributed by atoms with Gasteiger partial charge in [-0.1, -0.05) is 123 Å². The number of likely N-dealkylation sites (tertiary alicyclic amines) is 1. The number of para-hydroxylation sites is 8. The quantitative estimate of drug-likeness (QED) is 0.0355. The van der Waals surface area contributed by atoms with E-state index in [1.807, 2.05) is 193 Å². The number of amides is 1. The molecular formula is C84H108N16O5. The number of piperidine rings is 1. The first kappa shape index (κ1) is 74.0. The number of nitrogens with two attached hydrogens (primary N) is 1. The van der Waals surface area contributed by atoms with Crippen LogP contribution in [0, 0.1) is 56.6 Å². The molecule has 6 aromatic carbocycles. The maximum absolute atomic E-state index is 13.8. The largest absolute Gasteiger partial charge is 0.341 e. The van der Waals surface area contributed by atoms with Crippen molar-refractivity contribution < 1.29 is 24.0 Å². The fraction of sp³-hybridized carbons (Fsp3) is 0.488. The van der Waals surface area contributed by atoms with Gasteiger partial charge in [-0.15, -0.1) is 0 Å². The SMILES string of the molecule is CN(C)CCn1c(=N)n(CC(=O)C2CCCCC2)c2ccccc21.CNCCn1c(=N)n(CC(=O)C2CCCCC2)c2ccccc21.N=c1n(CC(=O)N2CCCCC2)c2ccccc2n1CC(=O)C12CC3CC(CC(C3)C1)C2.N=c1n(CCN)c2ccccc2n1CC(=O)c1ccc2ccccc2c1. The average Bonchev–Trinajstić information content (AvgIpc) is 1.28. The Morgan fingerprint density at radius 3 is 1.28 bits per heavy atom. The molecular weight excluding hydrogens is 1310 g/mol. The van der Waals surface area contributed by atoms with Crippen molar-refractivity contribution in [3.05, 3.63) is 168 Å². The van der Waals surface area contributed by atoms with Gasteiger partial charge in [-0.2, -0.15) is 0 Å². The van der Waals surface area contributed by atoms with Crippen LogP contribution in [0.3, 0.4) is 0 Å². The van der Waals surface area contributed by atoms with Crippen molar-refractivity contribution in [3.63, 3.8) is 0 Å². The maximum Gasteiger partial charge on any atom is 0.242 e. The summed E-state index contributed by atoms with van der Waals surface area (Å²) >= 11 is 0. The number of likely N-dealkylation sites (N-methyl/N-ethyl adjacent to an activating group) is 2. The minimum absolute atomic E-state index is 0.00935. The van der Waals surface area contributed by atoms with E-state index in [0.717, 1.165) is 170 Å². The lowest BCUT2D eigenvalue weighted by Gasteiger charge is -2.56. The maximum atomic E-state index is 13.8. The van der Waals surface area contributed by atoms with Crippen molar-refractivity contribution in [2.75, 3.05) is 53.9 Å². The molecule has 0 spiro atoms. The highest BCUT2D eigenvalue weighted by Gasteiger charge is 2.54. The summed E-state index contributed by atoms with van der Waals surface area (Å²) in [5, 5.41) is 39.8. The van der Waals surface area contributed by atoms with Crippen molar-refractivity contribution in [2.24, 2.45) is 40.7 Å². The topological polar surface area (TPSA) is 265 Å². The summed E-state index contributed by atoms with van der Waals surface area (Å²) in [5.74, 6) is 3.55. The number of fused-ring (bicyclic) bond motifs is 5. The third-order valence-electron chi connectivity index (χ3n) is 23.7. The molecule has 4 aromatic heterocycles. The van der Waals surface area contributed by atoms with Crippen LogP contribution in [0.2, 0.25) is 0 Å². The summed E-state index contributed by atoms with van der Waals surface area (Å²) in [5.41, 5.74) is 15.2. The summed E-state index contributed by atoms with van der Waals surface area (Å²) in [6.07, 6.45) is 21.7. The van der Waals surface area contributed by atoms with Crippen molar-refractivity contribution in [2.45, 2.75) is 174 Å². The van der Waals surface area contributed by atoms with E-state index in [9.17, 15) is 24.0 Å². The number of Topliss-reactive ketones (excluding diaryl/α,β-unsaturated/α-hetero) is 4. The fourth-order valence-corrected chi connectivity index (χ4v) is 18.5. The number of hydrogen-bond donors (Lipinski definition) is 6. The standard InChI is InChI=1S/C26H34N4O2.C21H20N4O.C19H28N4O.C18H26N4O/c27-25-29(16-23(31)26-13-18-10-19(14-26)12-20(11-18)15-26)21-6-2-3-7-22(21)30(25)17-24(32)28-8-4-1-5-9-28;22-11-12-24-18-7-3-4-8-19(18)25(21(24)23)14-20(26)17-10-9-15-5-1-2-6-16(15)13-17;1-21(2)12-13-22-16-10-6-7-11-17(16)23(19(22)20)14-18(24)15-8-4-3-5-9-15;1-20-11-12-21-15-9-5-6-10-16(15)22(18(21)19)13-17(23)14-7-3-2-4-8-14/h2-3,6-7,18-20,27H,1,4-5,8-17H2;1-10,13,23H,11-12,14,22H2;6-7,10-11,15,20H,3-5,8-9,12-14H2,1-2H3;5-6,9-10,14,19-20H,2-4,7-8,11-13H2,1H3. The molecule has 7 N–H and O–H groups in total. The highest BCUT2D eigenvalue weighted by atomic mass is 16.2. The van der Waals surface area contributed by atoms with Gasteiger partial charge in [0.1, 0.15) is 6.54 Å². The summed E-state index contributed by atoms with van der Waals surface area (Å²) in [6.45, 7) is 7.05. The van der Waals surface area contributed by atoms with Crippen LogP contribution >= 0.6 is 0 Å². The Balaban J connectivity index is 0.000000125. The van der Waals surface area contributed by atoms with Gasteiger partial charge in [0.15, 0.2) is 23.1 Å². The van der Waals surface area contributed by atoms with Crippen LogP contribution in [0.1, 0.15) is 132 Å². The number of rotatable bonds is 22. The highest BCUT2D eigenvalue weighted by Crippen LogP contribution is 2.60. The number of nitrogens with one attached hydrogen (secondary N) is 5. The molecule has 105 heavy (non-hydrogen) atoms. The summed E-state index contributed by atoms with van der Waals surface area (Å²) in [6, 6.07) is 45.4. The molecule has 0 radical (unpaired) electrons. The molecule has 4 bridgehead atoms. The van der Waals surface area contributed by atoms with Crippen molar-refractivity contribution in [3.8, 4) is 0 Å². The van der Waals surface area contributed by atoms with Gasteiger partial charge in [0.25, 0.3) is 0 Å². The highest BCUT2D eigenvalue weighted by molar-refractivity contribution is 6.00. The molecule has 1 aliphatic heterocycles. The second kappa shape index (κ2) is 33.4. The summed E-state index contributed by atoms with van der Waals surface area (Å²) in [7, 11) is 5.99. The zero-order chi connectivity index (χ0) is 73.3. The number of nitrogens with zero attached hydrogens (tertiary/aromatic N) is 10. The third kappa shape index (κ3) is 16.3. The molecule has 1 amide bonds. The lowest BCUT2D eigenvalue weighted by Crippen LogP contribution is -2.51. The van der Waals surface area contributed by atoms with E-state index < -0.39 is 0 Å². The molecule has 7 aliphatic rings. The first-order valence-corrected chi connectivity index (χ1v) is 38.8. The summed E-state index contributed by atoms with van der Waals surface area (Å²) in [4.78, 5) is 69.0. The fourth-order valence-electron chi connectivity index (χ4n) is 18.5. The van der Waals surface area contributed by atoms with Crippen LogP contribution in [0.5, 0.6) is 0 Å². The minimum Gasteiger partial charge on any atom is -0.341 e. The van der Waals surface area contributed by atoms with E-state index in [0.29, 0.717) is 65.9 Å². The molecule has 5 heterocycles. The Labute approximate surface area is 614 Å². The van der Waals surface area contributed by atoms with Gasteiger partial charge in [-0.05, 0) is 188 Å². The van der Waals surface area contributed by atoms with Crippen LogP contribution < -0.4 is 33.5 Å². The monoisotopic (exact) mass is 1420 g/mol. The smallest absolute Gasteiger partial charge is 0.242 e. The minimum atomic E-state index is -0.166. The summed E-state index contributed by atoms with van der Waals surface area (Å²) < 4.78 is 15.0. The van der Waals surface area contributed by atoms with Crippen molar-refractivity contribution in [1.29, 1.82) is 21.6 Å².